The minimum Gasteiger partial charge on any atom is -0.385 e. The molecule has 0 saturated heterocycles. The molecule has 2 atom stereocenters. The van der Waals surface area contributed by atoms with Crippen molar-refractivity contribution in [3.63, 3.8) is 0 Å². The molecule has 0 radical (unpaired) electrons. The highest BCUT2D eigenvalue weighted by atomic mass is 16.5. The molecule has 1 aromatic heterocycles. The third-order valence-electron chi connectivity index (χ3n) is 3.81. The van der Waals surface area contributed by atoms with Crippen molar-refractivity contribution in [3.05, 3.63) is 11.6 Å². The van der Waals surface area contributed by atoms with Gasteiger partial charge in [0.15, 0.2) is 0 Å². The summed E-state index contributed by atoms with van der Waals surface area (Å²) < 4.78 is 7.43. The summed E-state index contributed by atoms with van der Waals surface area (Å²) in [5, 5.41) is 12.3. The highest BCUT2D eigenvalue weighted by Gasteiger charge is 2.20. The van der Waals surface area contributed by atoms with Crippen LogP contribution in [0, 0.1) is 0 Å². The highest BCUT2D eigenvalue weighted by molar-refractivity contribution is 5.02. The summed E-state index contributed by atoms with van der Waals surface area (Å²) in [5.74, 6) is 2.24. The van der Waals surface area contributed by atoms with Gasteiger partial charge < -0.3 is 14.6 Å². The number of aryl methyl sites for hydroxylation is 1. The number of fused-ring (bicyclic) bond motifs is 1. The van der Waals surface area contributed by atoms with E-state index in [0.717, 1.165) is 37.6 Å². The Bertz CT molecular complexity index is 391. The number of hydrogen-bond acceptors (Lipinski definition) is 4. The van der Waals surface area contributed by atoms with E-state index < -0.39 is 0 Å². The van der Waals surface area contributed by atoms with Gasteiger partial charge >= 0.3 is 0 Å². The zero-order chi connectivity index (χ0) is 13.7. The van der Waals surface area contributed by atoms with Gasteiger partial charge in [0.05, 0.1) is 6.04 Å². The molecule has 1 aliphatic rings. The van der Waals surface area contributed by atoms with E-state index in [4.69, 9.17) is 4.74 Å². The van der Waals surface area contributed by atoms with Gasteiger partial charge in [-0.3, -0.25) is 0 Å². The molecule has 2 heterocycles. The normalized spacial score (nSPS) is 18.7. The molecular formula is C14H26N4O. The van der Waals surface area contributed by atoms with Crippen LogP contribution in [0.15, 0.2) is 0 Å². The fourth-order valence-corrected chi connectivity index (χ4v) is 2.71. The molecule has 0 fully saturated rings. The minimum atomic E-state index is 0.242. The molecule has 19 heavy (non-hydrogen) atoms. The van der Waals surface area contributed by atoms with E-state index in [1.807, 2.05) is 0 Å². The SMILES string of the molecule is COCCC(C)NC(C)c1nnc2n1CCCCC2. The van der Waals surface area contributed by atoms with Crippen molar-refractivity contribution in [2.45, 2.75) is 64.6 Å². The summed E-state index contributed by atoms with van der Waals surface area (Å²) >= 11 is 0. The third kappa shape index (κ3) is 3.76. The van der Waals surface area contributed by atoms with Gasteiger partial charge in [-0.1, -0.05) is 6.42 Å². The Balaban J connectivity index is 1.99. The van der Waals surface area contributed by atoms with Crippen molar-refractivity contribution >= 4 is 0 Å². The molecule has 5 heteroatoms. The summed E-state index contributed by atoms with van der Waals surface area (Å²) in [6.45, 7) is 6.22. The molecule has 108 valence electrons. The summed E-state index contributed by atoms with van der Waals surface area (Å²) in [6, 6.07) is 0.667. The Labute approximate surface area is 115 Å². The van der Waals surface area contributed by atoms with Crippen LogP contribution in [0.2, 0.25) is 0 Å². The fourth-order valence-electron chi connectivity index (χ4n) is 2.71. The van der Waals surface area contributed by atoms with Crippen LogP contribution < -0.4 is 5.32 Å². The first-order valence-electron chi connectivity index (χ1n) is 7.39. The Morgan fingerprint density at radius 2 is 2.11 bits per heavy atom. The molecule has 0 bridgehead atoms. The van der Waals surface area contributed by atoms with Gasteiger partial charge in [-0.15, -0.1) is 10.2 Å². The molecule has 5 nitrogen and oxygen atoms in total. The molecule has 1 aromatic rings. The van der Waals surface area contributed by atoms with Gasteiger partial charge in [0, 0.05) is 32.7 Å². The van der Waals surface area contributed by atoms with E-state index in [2.05, 4.69) is 33.9 Å². The van der Waals surface area contributed by atoms with Crippen LogP contribution in [0.25, 0.3) is 0 Å². The summed E-state index contributed by atoms with van der Waals surface area (Å²) in [7, 11) is 1.74. The molecule has 0 saturated carbocycles. The number of ether oxygens (including phenoxy) is 1. The van der Waals surface area contributed by atoms with Crippen LogP contribution in [0.4, 0.5) is 0 Å². The zero-order valence-corrected chi connectivity index (χ0v) is 12.4. The topological polar surface area (TPSA) is 52.0 Å². The Morgan fingerprint density at radius 1 is 1.26 bits per heavy atom. The van der Waals surface area contributed by atoms with Gasteiger partial charge in [0.25, 0.3) is 0 Å². The molecule has 2 unspecified atom stereocenters. The number of methoxy groups -OCH3 is 1. The molecular weight excluding hydrogens is 240 g/mol. The Morgan fingerprint density at radius 3 is 2.89 bits per heavy atom. The molecule has 1 aliphatic heterocycles. The maximum Gasteiger partial charge on any atom is 0.149 e. The molecule has 0 aliphatic carbocycles. The van der Waals surface area contributed by atoms with Crippen LogP contribution in [0.1, 0.15) is 57.2 Å². The lowest BCUT2D eigenvalue weighted by molar-refractivity contribution is 0.182. The maximum atomic E-state index is 5.12. The van der Waals surface area contributed by atoms with Crippen LogP contribution in [-0.2, 0) is 17.7 Å². The van der Waals surface area contributed by atoms with E-state index in [1.165, 1.54) is 19.3 Å². The lowest BCUT2D eigenvalue weighted by atomic mass is 10.2. The van der Waals surface area contributed by atoms with Crippen molar-refractivity contribution in [3.8, 4) is 0 Å². The number of hydrogen-bond donors (Lipinski definition) is 1. The second-order valence-corrected chi connectivity index (χ2v) is 5.51. The smallest absolute Gasteiger partial charge is 0.149 e. The van der Waals surface area contributed by atoms with E-state index in [1.54, 1.807) is 7.11 Å². The van der Waals surface area contributed by atoms with Crippen molar-refractivity contribution in [1.82, 2.24) is 20.1 Å². The Kier molecular flexibility index (Phi) is 5.34. The van der Waals surface area contributed by atoms with Crippen LogP contribution in [-0.4, -0.2) is 34.5 Å². The number of nitrogens with zero attached hydrogens (tertiary/aromatic N) is 3. The fraction of sp³-hybridized carbons (Fsp3) is 0.857. The van der Waals surface area contributed by atoms with Gasteiger partial charge in [0.2, 0.25) is 0 Å². The molecule has 0 aromatic carbocycles. The van der Waals surface area contributed by atoms with Crippen LogP contribution >= 0.6 is 0 Å². The van der Waals surface area contributed by atoms with Crippen molar-refractivity contribution in [2.75, 3.05) is 13.7 Å². The molecule has 2 rings (SSSR count). The first-order chi connectivity index (χ1) is 9.22. The molecule has 0 spiro atoms. The lowest BCUT2D eigenvalue weighted by Gasteiger charge is -2.20. The van der Waals surface area contributed by atoms with Gasteiger partial charge in [-0.2, -0.15) is 0 Å². The Hall–Kier alpha value is -0.940. The quantitative estimate of drug-likeness (QED) is 0.856. The van der Waals surface area contributed by atoms with Gasteiger partial charge in [0.1, 0.15) is 11.6 Å². The standard InChI is InChI=1S/C14H26N4O/c1-11(8-10-19-3)15-12(2)14-17-16-13-7-5-4-6-9-18(13)14/h11-12,15H,4-10H2,1-3H3. The second kappa shape index (κ2) is 7.01. The maximum absolute atomic E-state index is 5.12. The minimum absolute atomic E-state index is 0.242. The van der Waals surface area contributed by atoms with E-state index >= 15 is 0 Å². The first kappa shape index (κ1) is 14.5. The number of aromatic nitrogens is 3. The lowest BCUT2D eigenvalue weighted by Crippen LogP contribution is -2.31. The summed E-state index contributed by atoms with van der Waals surface area (Å²) in [5.41, 5.74) is 0. The molecule has 0 amide bonds. The van der Waals surface area contributed by atoms with Gasteiger partial charge in [-0.25, -0.2) is 0 Å². The number of nitrogens with one attached hydrogen (secondary N) is 1. The zero-order valence-electron chi connectivity index (χ0n) is 12.4. The second-order valence-electron chi connectivity index (χ2n) is 5.51. The van der Waals surface area contributed by atoms with E-state index in [-0.39, 0.29) is 6.04 Å². The first-order valence-corrected chi connectivity index (χ1v) is 7.39. The third-order valence-corrected chi connectivity index (χ3v) is 3.81. The predicted octanol–water partition coefficient (Wildman–Crippen LogP) is 2.08. The van der Waals surface area contributed by atoms with Crippen molar-refractivity contribution in [1.29, 1.82) is 0 Å². The van der Waals surface area contributed by atoms with Gasteiger partial charge in [-0.05, 0) is 33.1 Å². The van der Waals surface area contributed by atoms with E-state index in [9.17, 15) is 0 Å². The summed E-state index contributed by atoms with van der Waals surface area (Å²) in [4.78, 5) is 0. The average molecular weight is 266 g/mol. The van der Waals surface area contributed by atoms with Crippen molar-refractivity contribution in [2.24, 2.45) is 0 Å². The monoisotopic (exact) mass is 266 g/mol. The average Bonchev–Trinajstić information content (AvgIpc) is 2.66. The van der Waals surface area contributed by atoms with Crippen molar-refractivity contribution < 1.29 is 4.74 Å². The highest BCUT2D eigenvalue weighted by Crippen LogP contribution is 2.19. The van der Waals surface area contributed by atoms with Crippen LogP contribution in [0.5, 0.6) is 0 Å². The largest absolute Gasteiger partial charge is 0.385 e. The molecule has 1 N–H and O–H groups in total. The predicted molar refractivity (Wildman–Crippen MR) is 75.1 cm³/mol. The summed E-state index contributed by atoms with van der Waals surface area (Å²) in [6.07, 6.45) is 5.86. The van der Waals surface area contributed by atoms with Crippen LogP contribution in [0.3, 0.4) is 0 Å². The van der Waals surface area contributed by atoms with E-state index in [0.29, 0.717) is 6.04 Å². The number of rotatable bonds is 6.